The average Bonchev–Trinajstić information content (AvgIpc) is 3.15. The van der Waals surface area contributed by atoms with Crippen LogP contribution in [-0.2, 0) is 6.54 Å². The number of rotatable bonds is 4. The van der Waals surface area contributed by atoms with Crippen molar-refractivity contribution in [1.82, 2.24) is 25.0 Å². The minimum atomic E-state index is -0.577. The predicted molar refractivity (Wildman–Crippen MR) is 88.7 cm³/mol. The normalized spacial score (nSPS) is 18.2. The first-order chi connectivity index (χ1) is 12.7. The van der Waals surface area contributed by atoms with Gasteiger partial charge in [0, 0.05) is 30.6 Å². The van der Waals surface area contributed by atoms with Gasteiger partial charge in [0.2, 0.25) is 11.7 Å². The molecule has 0 radical (unpaired) electrons. The van der Waals surface area contributed by atoms with Crippen LogP contribution in [-0.4, -0.2) is 31.6 Å². The summed E-state index contributed by atoms with van der Waals surface area (Å²) in [6.07, 6.45) is 7.58. The van der Waals surface area contributed by atoms with Gasteiger partial charge in [0.15, 0.2) is 0 Å². The molecule has 0 saturated carbocycles. The highest BCUT2D eigenvalue weighted by Crippen LogP contribution is 2.32. The van der Waals surface area contributed by atoms with Crippen LogP contribution < -0.4 is 0 Å². The van der Waals surface area contributed by atoms with E-state index in [2.05, 4.69) is 25.0 Å². The molecule has 26 heavy (non-hydrogen) atoms. The zero-order chi connectivity index (χ0) is 17.9. The fourth-order valence-electron chi connectivity index (χ4n) is 3.22. The van der Waals surface area contributed by atoms with Gasteiger partial charge in [-0.3, -0.25) is 9.88 Å². The molecule has 0 unspecified atom stereocenters. The molecule has 1 saturated heterocycles. The molecule has 2 aromatic heterocycles. The molecule has 0 bridgehead atoms. The van der Waals surface area contributed by atoms with Crippen molar-refractivity contribution in [2.75, 3.05) is 6.54 Å². The van der Waals surface area contributed by atoms with E-state index in [1.54, 1.807) is 18.6 Å². The second-order valence-corrected chi connectivity index (χ2v) is 6.26. The van der Waals surface area contributed by atoms with E-state index < -0.39 is 11.6 Å². The maximum atomic E-state index is 14.0. The van der Waals surface area contributed by atoms with E-state index in [4.69, 9.17) is 4.52 Å². The summed E-state index contributed by atoms with van der Waals surface area (Å²) in [5.74, 6) is -0.258. The lowest BCUT2D eigenvalue weighted by molar-refractivity contribution is 0.110. The van der Waals surface area contributed by atoms with Crippen LogP contribution in [0.4, 0.5) is 8.78 Å². The van der Waals surface area contributed by atoms with Crippen LogP contribution in [0.5, 0.6) is 0 Å². The Labute approximate surface area is 148 Å². The minimum absolute atomic E-state index is 0.105. The predicted octanol–water partition coefficient (Wildman–Crippen LogP) is 3.53. The number of likely N-dealkylation sites (tertiary alicyclic amines) is 1. The first-order valence-corrected chi connectivity index (χ1v) is 8.48. The highest BCUT2D eigenvalue weighted by Gasteiger charge is 2.29. The Kier molecular flexibility index (Phi) is 4.66. The molecule has 3 aromatic rings. The fraction of sp³-hybridized carbons (Fsp3) is 0.333. The van der Waals surface area contributed by atoms with Gasteiger partial charge in [-0.1, -0.05) is 17.6 Å². The van der Waals surface area contributed by atoms with E-state index >= 15 is 0 Å². The molecule has 134 valence electrons. The number of benzene rings is 1. The van der Waals surface area contributed by atoms with E-state index in [1.807, 2.05) is 0 Å². The van der Waals surface area contributed by atoms with Crippen LogP contribution in [0.25, 0.3) is 11.5 Å². The lowest BCUT2D eigenvalue weighted by atomic mass is 10.0. The largest absolute Gasteiger partial charge is 0.337 e. The summed E-state index contributed by atoms with van der Waals surface area (Å²) < 4.78 is 32.6. The molecule has 0 amide bonds. The highest BCUT2D eigenvalue weighted by molar-refractivity contribution is 5.45. The van der Waals surface area contributed by atoms with E-state index in [9.17, 15) is 8.78 Å². The Morgan fingerprint density at radius 2 is 2.12 bits per heavy atom. The quantitative estimate of drug-likeness (QED) is 0.712. The Bertz CT molecular complexity index is 886. The lowest BCUT2D eigenvalue weighted by Crippen LogP contribution is -2.33. The molecule has 0 aliphatic carbocycles. The van der Waals surface area contributed by atoms with Gasteiger partial charge in [0.05, 0.1) is 12.2 Å². The van der Waals surface area contributed by atoms with Crippen LogP contribution >= 0.6 is 0 Å². The van der Waals surface area contributed by atoms with E-state index in [1.165, 1.54) is 12.1 Å². The number of nitrogens with zero attached hydrogens (tertiary/aromatic N) is 5. The Hall–Kier alpha value is -2.74. The maximum absolute atomic E-state index is 14.0. The number of aromatic nitrogens is 4. The molecule has 8 heteroatoms. The van der Waals surface area contributed by atoms with Crippen LogP contribution in [0.2, 0.25) is 0 Å². The van der Waals surface area contributed by atoms with Crippen molar-refractivity contribution >= 4 is 0 Å². The first-order valence-electron chi connectivity index (χ1n) is 8.48. The van der Waals surface area contributed by atoms with Crippen LogP contribution in [0.15, 0.2) is 41.3 Å². The van der Waals surface area contributed by atoms with Crippen molar-refractivity contribution in [3.63, 3.8) is 0 Å². The number of hydrogen-bond donors (Lipinski definition) is 0. The summed E-state index contributed by atoms with van der Waals surface area (Å²) in [5, 5.41) is 3.99. The summed E-state index contributed by atoms with van der Waals surface area (Å²) >= 11 is 0. The smallest absolute Gasteiger partial charge is 0.244 e. The molecule has 1 fully saturated rings. The van der Waals surface area contributed by atoms with Crippen molar-refractivity contribution < 1.29 is 13.3 Å². The molecule has 1 atom stereocenters. The second-order valence-electron chi connectivity index (χ2n) is 6.26. The van der Waals surface area contributed by atoms with Crippen LogP contribution in [0, 0.1) is 11.6 Å². The zero-order valence-electron chi connectivity index (χ0n) is 14.0. The van der Waals surface area contributed by atoms with Crippen molar-refractivity contribution in [3.05, 3.63) is 59.9 Å². The SMILES string of the molecule is Fc1ccc(CN2CCCC[C@@H]2c2nc(-c3cnccn3)no2)c(F)c1. The molecule has 0 spiro atoms. The summed E-state index contributed by atoms with van der Waals surface area (Å²) in [6.45, 7) is 1.14. The zero-order valence-corrected chi connectivity index (χ0v) is 14.0. The van der Waals surface area contributed by atoms with Crippen LogP contribution in [0.3, 0.4) is 0 Å². The molecular weight excluding hydrogens is 340 g/mol. The van der Waals surface area contributed by atoms with Gasteiger partial charge >= 0.3 is 0 Å². The van der Waals surface area contributed by atoms with Gasteiger partial charge in [0.1, 0.15) is 17.3 Å². The van der Waals surface area contributed by atoms with Crippen molar-refractivity contribution in [3.8, 4) is 11.5 Å². The molecule has 4 rings (SSSR count). The Morgan fingerprint density at radius 3 is 2.92 bits per heavy atom. The van der Waals surface area contributed by atoms with Gasteiger partial charge in [-0.25, -0.2) is 13.8 Å². The van der Waals surface area contributed by atoms with E-state index in [0.717, 1.165) is 31.9 Å². The third-order valence-corrected chi connectivity index (χ3v) is 4.52. The second kappa shape index (κ2) is 7.25. The first kappa shape index (κ1) is 16.7. The van der Waals surface area contributed by atoms with Crippen molar-refractivity contribution in [1.29, 1.82) is 0 Å². The third kappa shape index (κ3) is 3.45. The molecule has 1 aromatic carbocycles. The summed E-state index contributed by atoms with van der Waals surface area (Å²) in [5.41, 5.74) is 0.987. The topological polar surface area (TPSA) is 67.9 Å². The minimum Gasteiger partial charge on any atom is -0.337 e. The molecule has 6 nitrogen and oxygen atoms in total. The van der Waals surface area contributed by atoms with Gasteiger partial charge < -0.3 is 4.52 Å². The lowest BCUT2D eigenvalue weighted by Gasteiger charge is -2.33. The number of hydrogen-bond acceptors (Lipinski definition) is 6. The summed E-state index contributed by atoms with van der Waals surface area (Å²) in [4.78, 5) is 14.7. The summed E-state index contributed by atoms with van der Waals surface area (Å²) in [7, 11) is 0. The molecule has 0 N–H and O–H groups in total. The molecule has 3 heterocycles. The van der Waals surface area contributed by atoms with E-state index in [0.29, 0.717) is 29.5 Å². The van der Waals surface area contributed by atoms with Crippen LogP contribution in [0.1, 0.15) is 36.8 Å². The van der Waals surface area contributed by atoms with Crippen molar-refractivity contribution in [2.45, 2.75) is 31.8 Å². The van der Waals surface area contributed by atoms with Gasteiger partial charge in [0.25, 0.3) is 0 Å². The fourth-order valence-corrected chi connectivity index (χ4v) is 3.22. The Balaban J connectivity index is 1.57. The monoisotopic (exact) mass is 357 g/mol. The molecule has 1 aliphatic heterocycles. The molecule has 1 aliphatic rings. The molecular formula is C18H17F2N5O. The van der Waals surface area contributed by atoms with E-state index in [-0.39, 0.29) is 6.04 Å². The van der Waals surface area contributed by atoms with Gasteiger partial charge in [-0.05, 0) is 25.5 Å². The highest BCUT2D eigenvalue weighted by atomic mass is 19.1. The average molecular weight is 357 g/mol. The Morgan fingerprint density at radius 1 is 1.19 bits per heavy atom. The number of halogens is 2. The van der Waals surface area contributed by atoms with Gasteiger partial charge in [-0.15, -0.1) is 0 Å². The maximum Gasteiger partial charge on any atom is 0.244 e. The van der Waals surface area contributed by atoms with Gasteiger partial charge in [-0.2, -0.15) is 4.98 Å². The standard InChI is InChI=1S/C18H17F2N5O/c19-13-5-4-12(14(20)9-13)11-25-8-2-1-3-16(25)18-23-17(24-26-18)15-10-21-6-7-22-15/h4-7,9-10,16H,1-3,8,11H2/t16-/m1/s1. The summed E-state index contributed by atoms with van der Waals surface area (Å²) in [6, 6.07) is 3.56. The third-order valence-electron chi connectivity index (χ3n) is 4.52. The number of piperidine rings is 1. The van der Waals surface area contributed by atoms with Crippen molar-refractivity contribution in [2.24, 2.45) is 0 Å².